The molecule has 0 bridgehead atoms. The fourth-order valence-electron chi connectivity index (χ4n) is 2.28. The zero-order chi connectivity index (χ0) is 18.2. The Morgan fingerprint density at radius 2 is 1.88 bits per heavy atom. The lowest BCUT2D eigenvalue weighted by Crippen LogP contribution is -2.34. The van der Waals surface area contributed by atoms with Gasteiger partial charge in [-0.05, 0) is 42.3 Å². The number of carbonyl (C=O) groups excluding carboxylic acids is 2. The van der Waals surface area contributed by atoms with Gasteiger partial charge in [0.05, 0.1) is 19.2 Å². The number of benzene rings is 2. The molecule has 0 aliphatic carbocycles. The van der Waals surface area contributed by atoms with E-state index in [1.54, 1.807) is 24.3 Å². The second-order valence-electron chi connectivity index (χ2n) is 5.62. The molecule has 2 rings (SSSR count). The number of rotatable bonds is 7. The lowest BCUT2D eigenvalue weighted by molar-refractivity contribution is -0.120. The molecular formula is C19H21ClN2O3. The molecule has 0 radical (unpaired) electrons. The largest absolute Gasteiger partial charge is 0.465 e. The fraction of sp³-hybridized carbons (Fsp3) is 0.263. The van der Waals surface area contributed by atoms with E-state index >= 15 is 0 Å². The molecule has 2 N–H and O–H groups in total. The van der Waals surface area contributed by atoms with E-state index in [-0.39, 0.29) is 24.5 Å². The van der Waals surface area contributed by atoms with Crippen LogP contribution in [0.4, 0.5) is 0 Å². The lowest BCUT2D eigenvalue weighted by atomic mass is 10.1. The van der Waals surface area contributed by atoms with E-state index in [2.05, 4.69) is 15.4 Å². The highest BCUT2D eigenvalue weighted by Crippen LogP contribution is 2.16. The molecule has 0 unspecified atom stereocenters. The van der Waals surface area contributed by atoms with Gasteiger partial charge in [0, 0.05) is 17.6 Å². The molecule has 0 saturated heterocycles. The van der Waals surface area contributed by atoms with Crippen LogP contribution >= 0.6 is 11.6 Å². The van der Waals surface area contributed by atoms with Gasteiger partial charge in [0.1, 0.15) is 0 Å². The second-order valence-corrected chi connectivity index (χ2v) is 6.06. The molecule has 25 heavy (non-hydrogen) atoms. The molecule has 1 atom stereocenters. The van der Waals surface area contributed by atoms with Crippen LogP contribution in [0.3, 0.4) is 0 Å². The van der Waals surface area contributed by atoms with E-state index in [0.29, 0.717) is 17.1 Å². The van der Waals surface area contributed by atoms with Gasteiger partial charge in [-0.3, -0.25) is 4.79 Å². The number of carbonyl (C=O) groups is 2. The van der Waals surface area contributed by atoms with E-state index in [0.717, 1.165) is 11.1 Å². The van der Waals surface area contributed by atoms with Gasteiger partial charge >= 0.3 is 5.97 Å². The van der Waals surface area contributed by atoms with Crippen LogP contribution in [0.5, 0.6) is 0 Å². The normalized spacial score (nSPS) is 11.6. The van der Waals surface area contributed by atoms with Crippen LogP contribution < -0.4 is 10.6 Å². The van der Waals surface area contributed by atoms with Crippen LogP contribution in [-0.4, -0.2) is 25.5 Å². The molecule has 0 heterocycles. The second kappa shape index (κ2) is 9.20. The van der Waals surface area contributed by atoms with Crippen LogP contribution in [0, 0.1) is 0 Å². The highest BCUT2D eigenvalue weighted by Gasteiger charge is 2.09. The van der Waals surface area contributed by atoms with Gasteiger partial charge < -0.3 is 15.4 Å². The van der Waals surface area contributed by atoms with Crippen LogP contribution in [0.1, 0.15) is 34.5 Å². The van der Waals surface area contributed by atoms with E-state index in [1.165, 1.54) is 7.11 Å². The third kappa shape index (κ3) is 5.89. The molecule has 0 spiro atoms. The van der Waals surface area contributed by atoms with Crippen molar-refractivity contribution in [2.24, 2.45) is 0 Å². The van der Waals surface area contributed by atoms with Crippen molar-refractivity contribution in [2.45, 2.75) is 19.5 Å². The maximum Gasteiger partial charge on any atom is 0.337 e. The van der Waals surface area contributed by atoms with Gasteiger partial charge in [-0.1, -0.05) is 35.9 Å². The Balaban J connectivity index is 1.78. The molecule has 0 aliphatic heterocycles. The van der Waals surface area contributed by atoms with Crippen LogP contribution in [0.15, 0.2) is 48.5 Å². The van der Waals surface area contributed by atoms with Crippen LogP contribution in [-0.2, 0) is 16.1 Å². The summed E-state index contributed by atoms with van der Waals surface area (Å²) in [4.78, 5) is 23.3. The van der Waals surface area contributed by atoms with E-state index < -0.39 is 0 Å². The summed E-state index contributed by atoms with van der Waals surface area (Å²) in [7, 11) is 1.34. The maximum absolute atomic E-state index is 12.0. The zero-order valence-corrected chi connectivity index (χ0v) is 15.0. The lowest BCUT2D eigenvalue weighted by Gasteiger charge is -2.14. The number of amides is 1. The Hall–Kier alpha value is -2.37. The average molecular weight is 361 g/mol. The molecule has 132 valence electrons. The molecule has 0 fully saturated rings. The molecular weight excluding hydrogens is 340 g/mol. The minimum atomic E-state index is -0.380. The summed E-state index contributed by atoms with van der Waals surface area (Å²) in [5.74, 6) is -0.485. The van der Waals surface area contributed by atoms with Gasteiger partial charge in [-0.15, -0.1) is 0 Å². The minimum Gasteiger partial charge on any atom is -0.465 e. The number of nitrogens with one attached hydrogen (secondary N) is 2. The van der Waals surface area contributed by atoms with E-state index in [9.17, 15) is 9.59 Å². The molecule has 0 aliphatic rings. The Morgan fingerprint density at radius 1 is 1.16 bits per heavy atom. The van der Waals surface area contributed by atoms with Gasteiger partial charge in [-0.25, -0.2) is 4.79 Å². The first kappa shape index (κ1) is 19.0. The Morgan fingerprint density at radius 3 is 2.52 bits per heavy atom. The van der Waals surface area contributed by atoms with Crippen molar-refractivity contribution >= 4 is 23.5 Å². The summed E-state index contributed by atoms with van der Waals surface area (Å²) in [5.41, 5.74) is 2.41. The van der Waals surface area contributed by atoms with Gasteiger partial charge in [-0.2, -0.15) is 0 Å². The van der Waals surface area contributed by atoms with Crippen molar-refractivity contribution in [1.29, 1.82) is 0 Å². The minimum absolute atomic E-state index is 0.0174. The van der Waals surface area contributed by atoms with E-state index in [1.807, 2.05) is 31.2 Å². The zero-order valence-electron chi connectivity index (χ0n) is 14.2. The summed E-state index contributed by atoms with van der Waals surface area (Å²) < 4.78 is 4.65. The van der Waals surface area contributed by atoms with Crippen molar-refractivity contribution in [1.82, 2.24) is 10.6 Å². The number of esters is 1. The van der Waals surface area contributed by atoms with Crippen molar-refractivity contribution in [3.8, 4) is 0 Å². The summed E-state index contributed by atoms with van der Waals surface area (Å²) in [6.07, 6.45) is 0. The SMILES string of the molecule is COC(=O)c1ccc(CNC(=O)CN[C@@H](C)c2cccc(Cl)c2)cc1. The van der Waals surface area contributed by atoms with Gasteiger partial charge in [0.15, 0.2) is 0 Å². The first-order valence-corrected chi connectivity index (χ1v) is 8.30. The molecule has 1 amide bonds. The van der Waals surface area contributed by atoms with Crippen LogP contribution in [0.2, 0.25) is 5.02 Å². The molecule has 0 saturated carbocycles. The third-order valence-corrected chi connectivity index (χ3v) is 4.02. The van der Waals surface area contributed by atoms with Crippen molar-refractivity contribution in [3.05, 3.63) is 70.2 Å². The fourth-order valence-corrected chi connectivity index (χ4v) is 2.48. The van der Waals surface area contributed by atoms with Crippen molar-refractivity contribution in [3.63, 3.8) is 0 Å². The van der Waals surface area contributed by atoms with Crippen molar-refractivity contribution in [2.75, 3.05) is 13.7 Å². The molecule has 2 aromatic rings. The summed E-state index contributed by atoms with van der Waals surface area (Å²) in [6, 6.07) is 14.5. The number of hydrogen-bond acceptors (Lipinski definition) is 4. The van der Waals surface area contributed by atoms with E-state index in [4.69, 9.17) is 11.6 Å². The quantitative estimate of drug-likeness (QED) is 0.744. The Kier molecular flexibility index (Phi) is 6.98. The summed E-state index contributed by atoms with van der Waals surface area (Å²) in [5, 5.41) is 6.67. The first-order chi connectivity index (χ1) is 12.0. The Bertz CT molecular complexity index is 732. The van der Waals surface area contributed by atoms with Gasteiger partial charge in [0.2, 0.25) is 5.91 Å². The number of methoxy groups -OCH3 is 1. The third-order valence-electron chi connectivity index (χ3n) is 3.78. The number of halogens is 1. The average Bonchev–Trinajstić information content (AvgIpc) is 2.64. The number of hydrogen-bond donors (Lipinski definition) is 2. The summed E-state index contributed by atoms with van der Waals surface area (Å²) >= 11 is 5.97. The molecule has 0 aromatic heterocycles. The van der Waals surface area contributed by atoms with Gasteiger partial charge in [0.25, 0.3) is 0 Å². The topological polar surface area (TPSA) is 67.4 Å². The highest BCUT2D eigenvalue weighted by atomic mass is 35.5. The standard InChI is InChI=1S/C19H21ClN2O3/c1-13(16-4-3-5-17(20)10-16)21-12-18(23)22-11-14-6-8-15(9-7-14)19(24)25-2/h3-10,13,21H,11-12H2,1-2H3,(H,22,23)/t13-/m0/s1. The maximum atomic E-state index is 12.0. The monoisotopic (exact) mass is 360 g/mol. The molecule has 2 aromatic carbocycles. The smallest absolute Gasteiger partial charge is 0.337 e. The highest BCUT2D eigenvalue weighted by molar-refractivity contribution is 6.30. The van der Waals surface area contributed by atoms with Crippen molar-refractivity contribution < 1.29 is 14.3 Å². The Labute approximate surface area is 152 Å². The predicted octanol–water partition coefficient (Wildman–Crippen LogP) is 3.09. The first-order valence-electron chi connectivity index (χ1n) is 7.92. The molecule has 6 heteroatoms. The number of ether oxygens (including phenoxy) is 1. The summed E-state index contributed by atoms with van der Waals surface area (Å²) in [6.45, 7) is 2.58. The molecule has 5 nitrogen and oxygen atoms in total. The van der Waals surface area contributed by atoms with Crippen LogP contribution in [0.25, 0.3) is 0 Å². The predicted molar refractivity (Wildman–Crippen MR) is 97.5 cm³/mol.